The molecule has 0 aromatic carbocycles. The van der Waals surface area contributed by atoms with E-state index >= 15 is 0 Å². The van der Waals surface area contributed by atoms with Crippen molar-refractivity contribution in [1.82, 2.24) is 0 Å². The third kappa shape index (κ3) is 5.47. The average molecular weight is 294 g/mol. The van der Waals surface area contributed by atoms with Gasteiger partial charge in [0.2, 0.25) is 0 Å². The van der Waals surface area contributed by atoms with Crippen molar-refractivity contribution in [3.05, 3.63) is 34.6 Å². The van der Waals surface area contributed by atoms with E-state index in [1.807, 2.05) is 6.92 Å². The highest BCUT2D eigenvalue weighted by Gasteiger charge is 2.21. The molecular weight excluding hydrogens is 268 g/mol. The van der Waals surface area contributed by atoms with E-state index in [1.165, 1.54) is 5.20 Å². The van der Waals surface area contributed by atoms with Crippen LogP contribution in [0.5, 0.6) is 0 Å². The quantitative estimate of drug-likeness (QED) is 0.441. The van der Waals surface area contributed by atoms with Crippen molar-refractivity contribution in [2.24, 2.45) is 0 Å². The Balaban J connectivity index is 2.98. The lowest BCUT2D eigenvalue weighted by atomic mass is 10.1. The molecule has 0 saturated carbocycles. The summed E-state index contributed by atoms with van der Waals surface area (Å²) in [6.07, 6.45) is 7.85. The fourth-order valence-electron chi connectivity index (χ4n) is 2.22. The molecule has 0 aromatic heterocycles. The van der Waals surface area contributed by atoms with Crippen molar-refractivity contribution in [1.29, 1.82) is 0 Å². The van der Waals surface area contributed by atoms with Crippen molar-refractivity contribution >= 4 is 14.0 Å². The number of esters is 1. The molecule has 0 heterocycles. The summed E-state index contributed by atoms with van der Waals surface area (Å²) in [4.78, 5) is 11.6. The first kappa shape index (κ1) is 16.9. The number of ether oxygens (including phenoxy) is 2. The van der Waals surface area contributed by atoms with Gasteiger partial charge in [-0.25, -0.2) is 4.79 Å². The van der Waals surface area contributed by atoms with Gasteiger partial charge in [-0.1, -0.05) is 37.0 Å². The fraction of sp³-hybridized carbons (Fsp3) is 0.562. The lowest BCUT2D eigenvalue weighted by molar-refractivity contribution is -0.137. The van der Waals surface area contributed by atoms with E-state index in [1.54, 1.807) is 13.2 Å². The van der Waals surface area contributed by atoms with Gasteiger partial charge < -0.3 is 9.47 Å². The van der Waals surface area contributed by atoms with Crippen molar-refractivity contribution < 1.29 is 14.3 Å². The fourth-order valence-corrected chi connectivity index (χ4v) is 3.71. The van der Waals surface area contributed by atoms with Gasteiger partial charge in [-0.05, 0) is 30.9 Å². The topological polar surface area (TPSA) is 35.5 Å². The van der Waals surface area contributed by atoms with Gasteiger partial charge in [0.05, 0.1) is 21.3 Å². The number of allylic oxidation sites excluding steroid dienone is 3. The molecule has 3 nitrogen and oxygen atoms in total. The Kier molecular flexibility index (Phi) is 6.43. The molecule has 0 radical (unpaired) electrons. The van der Waals surface area contributed by atoms with E-state index in [0.717, 1.165) is 24.0 Å². The van der Waals surface area contributed by atoms with Crippen LogP contribution in [0.2, 0.25) is 19.6 Å². The maximum Gasteiger partial charge on any atom is 0.331 e. The highest BCUT2D eigenvalue weighted by Crippen LogP contribution is 2.28. The summed E-state index contributed by atoms with van der Waals surface area (Å²) in [5.41, 5.74) is 2.16. The summed E-state index contributed by atoms with van der Waals surface area (Å²) in [5, 5.41) is 1.52. The molecule has 1 aliphatic rings. The van der Waals surface area contributed by atoms with Gasteiger partial charge in [-0.15, -0.1) is 0 Å². The van der Waals surface area contributed by atoms with Crippen LogP contribution in [0.25, 0.3) is 0 Å². The molecule has 0 aromatic rings. The second-order valence-corrected chi connectivity index (χ2v) is 11.2. The van der Waals surface area contributed by atoms with Crippen LogP contribution in [0.1, 0.15) is 19.8 Å². The number of carbonyl (C=O) groups excluding carboxylic acids is 1. The molecule has 0 amide bonds. The largest absolute Gasteiger partial charge is 0.463 e. The molecule has 4 heteroatoms. The van der Waals surface area contributed by atoms with Crippen LogP contribution in [-0.4, -0.2) is 34.4 Å². The third-order valence-electron chi connectivity index (χ3n) is 3.28. The SMILES string of the molecule is CCOC(=O)/C=C1\C=C(COC)C=C([Si](C)(C)C)CC1. The molecule has 1 aliphatic carbocycles. The number of hydrogen-bond acceptors (Lipinski definition) is 3. The first-order valence-corrected chi connectivity index (χ1v) is 10.6. The molecule has 0 N–H and O–H groups in total. The van der Waals surface area contributed by atoms with E-state index in [4.69, 9.17) is 9.47 Å². The van der Waals surface area contributed by atoms with Crippen molar-refractivity contribution in [2.75, 3.05) is 20.3 Å². The lowest BCUT2D eigenvalue weighted by Gasteiger charge is -2.20. The minimum atomic E-state index is -1.32. The highest BCUT2D eigenvalue weighted by atomic mass is 28.3. The van der Waals surface area contributed by atoms with E-state index in [2.05, 4.69) is 31.8 Å². The average Bonchev–Trinajstić information content (AvgIpc) is 2.52. The summed E-state index contributed by atoms with van der Waals surface area (Å²) in [6.45, 7) is 9.86. The number of carbonyl (C=O) groups is 1. The van der Waals surface area contributed by atoms with E-state index < -0.39 is 8.07 Å². The van der Waals surface area contributed by atoms with Gasteiger partial charge >= 0.3 is 5.97 Å². The summed E-state index contributed by atoms with van der Waals surface area (Å²) < 4.78 is 10.2. The van der Waals surface area contributed by atoms with Crippen LogP contribution in [0.3, 0.4) is 0 Å². The zero-order chi connectivity index (χ0) is 15.2. The smallest absolute Gasteiger partial charge is 0.331 e. The monoisotopic (exact) mass is 294 g/mol. The van der Waals surface area contributed by atoms with Gasteiger partial charge in [0.15, 0.2) is 0 Å². The van der Waals surface area contributed by atoms with Gasteiger partial charge in [0.25, 0.3) is 0 Å². The standard InChI is InChI=1S/C16H26O3Si/c1-6-19-16(17)11-13-7-8-15(20(3,4)5)10-14(9-13)12-18-2/h9-11H,6-8,12H2,1-5H3/b13-11-. The molecule has 0 fully saturated rings. The van der Waals surface area contributed by atoms with Crippen molar-refractivity contribution in [3.8, 4) is 0 Å². The van der Waals surface area contributed by atoms with Crippen LogP contribution < -0.4 is 0 Å². The molecule has 112 valence electrons. The Morgan fingerprint density at radius 2 is 2.00 bits per heavy atom. The third-order valence-corrected chi connectivity index (χ3v) is 5.60. The van der Waals surface area contributed by atoms with E-state index in [0.29, 0.717) is 13.2 Å². The van der Waals surface area contributed by atoms with Gasteiger partial charge in [-0.2, -0.15) is 0 Å². The van der Waals surface area contributed by atoms with Crippen molar-refractivity contribution in [3.63, 3.8) is 0 Å². The molecule has 20 heavy (non-hydrogen) atoms. The van der Waals surface area contributed by atoms with Crippen LogP contribution in [-0.2, 0) is 14.3 Å². The molecule has 0 atom stereocenters. The Hall–Kier alpha value is -1.13. The maximum atomic E-state index is 11.6. The summed E-state index contributed by atoms with van der Waals surface area (Å²) >= 11 is 0. The van der Waals surface area contributed by atoms with Crippen LogP contribution in [0, 0.1) is 0 Å². The second-order valence-electron chi connectivity index (χ2n) is 6.04. The molecule has 0 spiro atoms. The Labute approximate surface area is 123 Å². The van der Waals surface area contributed by atoms with E-state index in [-0.39, 0.29) is 5.97 Å². The molecule has 0 saturated heterocycles. The Morgan fingerprint density at radius 1 is 1.30 bits per heavy atom. The number of hydrogen-bond donors (Lipinski definition) is 0. The lowest BCUT2D eigenvalue weighted by Crippen LogP contribution is -2.24. The summed E-state index contributed by atoms with van der Waals surface area (Å²) in [6, 6.07) is 0. The summed E-state index contributed by atoms with van der Waals surface area (Å²) in [7, 11) is 0.374. The van der Waals surface area contributed by atoms with Gasteiger partial charge in [0, 0.05) is 13.2 Å². The normalized spacial score (nSPS) is 18.4. The van der Waals surface area contributed by atoms with Gasteiger partial charge in [0.1, 0.15) is 0 Å². The first-order valence-electron chi connectivity index (χ1n) is 7.14. The van der Waals surface area contributed by atoms with Crippen LogP contribution >= 0.6 is 0 Å². The zero-order valence-corrected chi connectivity index (χ0v) is 14.3. The maximum absolute atomic E-state index is 11.6. The minimum Gasteiger partial charge on any atom is -0.463 e. The highest BCUT2D eigenvalue weighted by molar-refractivity contribution is 6.83. The Bertz CT molecular complexity index is 439. The molecule has 0 bridgehead atoms. The van der Waals surface area contributed by atoms with Crippen molar-refractivity contribution in [2.45, 2.75) is 39.4 Å². The Morgan fingerprint density at radius 3 is 2.55 bits per heavy atom. The minimum absolute atomic E-state index is 0.257. The molecule has 1 rings (SSSR count). The first-order chi connectivity index (χ1) is 9.36. The second kappa shape index (κ2) is 7.60. The van der Waals surface area contributed by atoms with E-state index in [9.17, 15) is 4.79 Å². The molecular formula is C16H26O3Si. The number of methoxy groups -OCH3 is 1. The molecule has 0 aliphatic heterocycles. The summed E-state index contributed by atoms with van der Waals surface area (Å²) in [5.74, 6) is -0.257. The molecule has 0 unspecified atom stereocenters. The predicted molar refractivity (Wildman–Crippen MR) is 85.3 cm³/mol. The van der Waals surface area contributed by atoms with Crippen LogP contribution in [0.4, 0.5) is 0 Å². The number of rotatable bonds is 5. The zero-order valence-electron chi connectivity index (χ0n) is 13.3. The predicted octanol–water partition coefficient (Wildman–Crippen LogP) is 3.65. The van der Waals surface area contributed by atoms with Gasteiger partial charge in [-0.3, -0.25) is 0 Å². The van der Waals surface area contributed by atoms with Crippen LogP contribution in [0.15, 0.2) is 34.6 Å².